The number of aromatic amines is 1. The Morgan fingerprint density at radius 3 is 2.17 bits per heavy atom. The fourth-order valence-electron chi connectivity index (χ4n) is 5.96. The molecule has 0 bridgehead atoms. The molecule has 36 heavy (non-hydrogen) atoms. The zero-order valence-electron chi connectivity index (χ0n) is 20.3. The first kappa shape index (κ1) is 22.2. The number of carbonyl (C=O) groups excluding carboxylic acids is 2. The van der Waals surface area contributed by atoms with Gasteiger partial charge in [-0.2, -0.15) is 0 Å². The summed E-state index contributed by atoms with van der Waals surface area (Å²) in [7, 11) is 4.70. The number of methoxy groups -OCH3 is 3. The molecule has 1 aromatic heterocycles. The van der Waals surface area contributed by atoms with E-state index in [0.717, 1.165) is 27.7 Å². The number of fused-ring (bicyclic) bond motifs is 5. The predicted octanol–water partition coefficient (Wildman–Crippen LogP) is 4.81. The summed E-state index contributed by atoms with van der Waals surface area (Å²) in [6.07, 6.45) is 0.575. The average Bonchev–Trinajstić information content (AvgIpc) is 3.41. The molecule has 1 saturated heterocycles. The Morgan fingerprint density at radius 1 is 0.833 bits per heavy atom. The molecule has 2 amide bonds. The van der Waals surface area contributed by atoms with Crippen molar-refractivity contribution in [1.82, 2.24) is 4.98 Å². The van der Waals surface area contributed by atoms with E-state index in [1.807, 2.05) is 54.6 Å². The summed E-state index contributed by atoms with van der Waals surface area (Å²) in [5, 5.41) is 0.988. The molecule has 0 saturated carbocycles. The van der Waals surface area contributed by atoms with Gasteiger partial charge in [0.2, 0.25) is 17.6 Å². The molecule has 2 heterocycles. The van der Waals surface area contributed by atoms with Crippen molar-refractivity contribution in [2.75, 3.05) is 26.2 Å². The number of nitrogens with one attached hydrogen (secondary N) is 1. The van der Waals surface area contributed by atoms with Crippen LogP contribution in [-0.4, -0.2) is 38.1 Å². The van der Waals surface area contributed by atoms with E-state index in [1.54, 1.807) is 33.5 Å². The van der Waals surface area contributed by atoms with Crippen LogP contribution in [0.15, 0.2) is 66.7 Å². The Balaban J connectivity index is 1.57. The minimum absolute atomic E-state index is 0.189. The maximum absolute atomic E-state index is 14.0. The fraction of sp³-hybridized carbons (Fsp3) is 0.241. The lowest BCUT2D eigenvalue weighted by Gasteiger charge is -2.32. The lowest BCUT2D eigenvalue weighted by Crippen LogP contribution is -2.32. The Labute approximate surface area is 208 Å². The number of carbonyl (C=O) groups is 2. The van der Waals surface area contributed by atoms with Crippen molar-refractivity contribution < 1.29 is 23.8 Å². The number of anilines is 1. The molecule has 7 heteroatoms. The Kier molecular flexibility index (Phi) is 5.21. The number of nitrogens with zero attached hydrogens (tertiary/aromatic N) is 1. The van der Waals surface area contributed by atoms with E-state index in [9.17, 15) is 9.59 Å². The first-order valence-corrected chi connectivity index (χ1v) is 11.9. The normalized spacial score (nSPS) is 20.9. The maximum atomic E-state index is 14.0. The van der Waals surface area contributed by atoms with Crippen molar-refractivity contribution in [3.63, 3.8) is 0 Å². The average molecular weight is 483 g/mol. The summed E-state index contributed by atoms with van der Waals surface area (Å²) < 4.78 is 16.7. The van der Waals surface area contributed by atoms with E-state index in [1.165, 1.54) is 4.90 Å². The highest BCUT2D eigenvalue weighted by Gasteiger charge is 2.56. The Hall–Kier alpha value is -4.26. The van der Waals surface area contributed by atoms with Crippen LogP contribution in [-0.2, 0) is 16.0 Å². The first-order chi connectivity index (χ1) is 17.6. The maximum Gasteiger partial charge on any atom is 0.242 e. The summed E-state index contributed by atoms with van der Waals surface area (Å²) in [5.41, 5.74) is 4.32. The van der Waals surface area contributed by atoms with Gasteiger partial charge in [-0.1, -0.05) is 36.4 Å². The molecule has 4 aromatic rings. The second-order valence-electron chi connectivity index (χ2n) is 9.18. The van der Waals surface area contributed by atoms with Crippen LogP contribution in [0, 0.1) is 5.92 Å². The highest BCUT2D eigenvalue weighted by atomic mass is 16.5. The van der Waals surface area contributed by atoms with Crippen molar-refractivity contribution in [3.05, 3.63) is 83.6 Å². The van der Waals surface area contributed by atoms with Crippen LogP contribution in [0.4, 0.5) is 5.69 Å². The minimum atomic E-state index is -0.596. The van der Waals surface area contributed by atoms with Crippen LogP contribution in [0.2, 0.25) is 0 Å². The van der Waals surface area contributed by atoms with E-state index in [0.29, 0.717) is 29.4 Å². The third kappa shape index (κ3) is 3.12. The van der Waals surface area contributed by atoms with E-state index in [-0.39, 0.29) is 17.7 Å². The molecular formula is C29H26N2O5. The number of rotatable bonds is 5. The molecule has 1 fully saturated rings. The number of imide groups is 1. The summed E-state index contributed by atoms with van der Waals surface area (Å²) in [4.78, 5) is 32.9. The van der Waals surface area contributed by atoms with Crippen LogP contribution in [0.5, 0.6) is 17.2 Å². The largest absolute Gasteiger partial charge is 0.493 e. The zero-order chi connectivity index (χ0) is 25.0. The van der Waals surface area contributed by atoms with Gasteiger partial charge < -0.3 is 19.2 Å². The quantitative estimate of drug-likeness (QED) is 0.413. The number of para-hydroxylation sites is 2. The first-order valence-electron chi connectivity index (χ1n) is 11.9. The van der Waals surface area contributed by atoms with Crippen LogP contribution >= 0.6 is 0 Å². The molecule has 0 radical (unpaired) electrons. The van der Waals surface area contributed by atoms with Crippen LogP contribution in [0.3, 0.4) is 0 Å². The Morgan fingerprint density at radius 2 is 1.50 bits per heavy atom. The van der Waals surface area contributed by atoms with Gasteiger partial charge in [-0.05, 0) is 47.9 Å². The smallest absolute Gasteiger partial charge is 0.242 e. The molecule has 6 rings (SSSR count). The molecule has 0 spiro atoms. The van der Waals surface area contributed by atoms with Crippen molar-refractivity contribution in [2.24, 2.45) is 5.92 Å². The second-order valence-corrected chi connectivity index (χ2v) is 9.18. The van der Waals surface area contributed by atoms with E-state index < -0.39 is 11.8 Å². The van der Waals surface area contributed by atoms with Gasteiger partial charge in [0, 0.05) is 22.5 Å². The zero-order valence-corrected chi connectivity index (χ0v) is 20.3. The third-order valence-corrected chi connectivity index (χ3v) is 7.48. The summed E-state index contributed by atoms with van der Waals surface area (Å²) in [6, 6.07) is 20.9. The van der Waals surface area contributed by atoms with Gasteiger partial charge in [0.1, 0.15) is 0 Å². The van der Waals surface area contributed by atoms with E-state index in [2.05, 4.69) is 4.98 Å². The summed E-state index contributed by atoms with van der Waals surface area (Å²) in [6.45, 7) is 0. The molecule has 0 unspecified atom stereocenters. The number of amides is 2. The number of H-pyrrole nitrogens is 1. The topological polar surface area (TPSA) is 80.9 Å². The van der Waals surface area contributed by atoms with Crippen molar-refractivity contribution in [3.8, 4) is 17.2 Å². The minimum Gasteiger partial charge on any atom is -0.493 e. The lowest BCUT2D eigenvalue weighted by molar-refractivity contribution is -0.122. The number of hydrogen-bond donors (Lipinski definition) is 1. The van der Waals surface area contributed by atoms with E-state index >= 15 is 0 Å². The molecule has 7 nitrogen and oxygen atoms in total. The SMILES string of the molecule is COc1cc([C@@H]2Cc3[nH]c4ccccc4c3[C@@H]3C(=O)N(c4ccccc4)C(=O)[C@H]23)cc(OC)c1OC. The van der Waals surface area contributed by atoms with Crippen molar-refractivity contribution in [2.45, 2.75) is 18.3 Å². The van der Waals surface area contributed by atoms with Gasteiger partial charge >= 0.3 is 0 Å². The number of ether oxygens (including phenoxy) is 3. The summed E-state index contributed by atoms with van der Waals surface area (Å²) in [5.74, 6) is -0.291. The van der Waals surface area contributed by atoms with E-state index in [4.69, 9.17) is 14.2 Å². The highest BCUT2D eigenvalue weighted by molar-refractivity contribution is 6.25. The summed E-state index contributed by atoms with van der Waals surface area (Å²) >= 11 is 0. The predicted molar refractivity (Wildman–Crippen MR) is 136 cm³/mol. The molecule has 1 aliphatic heterocycles. The van der Waals surface area contributed by atoms with Crippen LogP contribution < -0.4 is 19.1 Å². The van der Waals surface area contributed by atoms with Crippen molar-refractivity contribution >= 4 is 28.4 Å². The molecule has 3 aromatic carbocycles. The number of hydrogen-bond acceptors (Lipinski definition) is 5. The molecule has 2 aliphatic rings. The van der Waals surface area contributed by atoms with Gasteiger partial charge in [0.25, 0.3) is 0 Å². The molecule has 182 valence electrons. The van der Waals surface area contributed by atoms with Crippen molar-refractivity contribution in [1.29, 1.82) is 0 Å². The van der Waals surface area contributed by atoms with Crippen LogP contribution in [0.1, 0.15) is 28.7 Å². The fourth-order valence-corrected chi connectivity index (χ4v) is 5.96. The molecule has 1 aliphatic carbocycles. The number of aromatic nitrogens is 1. The number of benzene rings is 3. The molecular weight excluding hydrogens is 456 g/mol. The standard InChI is InChI=1S/C29H26N2O5/c1-34-22-13-16(14-23(35-2)27(22)36-3)19-15-21-24(18-11-7-8-12-20(18)30-21)26-25(19)28(32)31(29(26)33)17-9-5-4-6-10-17/h4-14,19,25-26,30H,15H2,1-3H3/t19-,25+,26-/m0/s1. The molecule has 1 N–H and O–H groups in total. The van der Waals surface area contributed by atoms with Gasteiger partial charge in [0.05, 0.1) is 38.9 Å². The second kappa shape index (κ2) is 8.45. The van der Waals surface area contributed by atoms with Gasteiger partial charge in [-0.15, -0.1) is 0 Å². The monoisotopic (exact) mass is 482 g/mol. The van der Waals surface area contributed by atoms with Gasteiger partial charge in [-0.25, -0.2) is 4.90 Å². The lowest BCUT2D eigenvalue weighted by atomic mass is 9.69. The molecule has 3 atom stereocenters. The van der Waals surface area contributed by atoms with Gasteiger partial charge in [-0.3, -0.25) is 9.59 Å². The highest BCUT2D eigenvalue weighted by Crippen LogP contribution is 2.54. The Bertz CT molecular complexity index is 1470. The third-order valence-electron chi connectivity index (χ3n) is 7.48. The van der Waals surface area contributed by atoms with Crippen LogP contribution in [0.25, 0.3) is 10.9 Å². The van der Waals surface area contributed by atoms with Gasteiger partial charge in [0.15, 0.2) is 11.5 Å².